The van der Waals surface area contributed by atoms with Gasteiger partial charge in [-0.3, -0.25) is 0 Å². The van der Waals surface area contributed by atoms with Crippen molar-refractivity contribution >= 4 is 31.9 Å². The van der Waals surface area contributed by atoms with E-state index in [0.29, 0.717) is 22.9 Å². The normalized spacial score (nSPS) is 12.8. The van der Waals surface area contributed by atoms with Gasteiger partial charge in [0.15, 0.2) is 0 Å². The van der Waals surface area contributed by atoms with Crippen LogP contribution in [0.1, 0.15) is 24.5 Å². The molecule has 0 amide bonds. The number of benzene rings is 1. The van der Waals surface area contributed by atoms with E-state index in [1.807, 2.05) is 0 Å². The highest BCUT2D eigenvalue weighted by molar-refractivity contribution is 9.11. The molecule has 1 aromatic rings. The molecular formula is C10H12Br2O3. The van der Waals surface area contributed by atoms with E-state index >= 15 is 0 Å². The molecule has 0 heterocycles. The Labute approximate surface area is 105 Å². The van der Waals surface area contributed by atoms with Gasteiger partial charge in [0.05, 0.1) is 10.6 Å². The molecule has 0 fully saturated rings. The molecule has 84 valence electrons. The predicted molar refractivity (Wildman–Crippen MR) is 64.8 cm³/mol. The van der Waals surface area contributed by atoms with E-state index in [4.69, 9.17) is 5.11 Å². The fraction of sp³-hybridized carbons (Fsp3) is 0.400. The van der Waals surface area contributed by atoms with Crippen molar-refractivity contribution in [3.63, 3.8) is 0 Å². The summed E-state index contributed by atoms with van der Waals surface area (Å²) >= 11 is 6.47. The Morgan fingerprint density at radius 1 is 1.27 bits per heavy atom. The molecule has 3 N–H and O–H groups in total. The molecule has 0 aliphatic heterocycles. The SMILES string of the molecule is OCCC[C@H](O)c1cc(Br)cc(Br)c1O. The number of aliphatic hydroxyl groups excluding tert-OH is 2. The van der Waals surface area contributed by atoms with Gasteiger partial charge in [0.1, 0.15) is 5.75 Å². The quantitative estimate of drug-likeness (QED) is 0.790. The minimum absolute atomic E-state index is 0.0347. The van der Waals surface area contributed by atoms with Gasteiger partial charge < -0.3 is 15.3 Å². The van der Waals surface area contributed by atoms with Crippen molar-refractivity contribution in [2.75, 3.05) is 6.61 Å². The highest BCUT2D eigenvalue weighted by Gasteiger charge is 2.15. The summed E-state index contributed by atoms with van der Waals surface area (Å²) in [5, 5.41) is 28.1. The third-order valence-corrected chi connectivity index (χ3v) is 3.11. The second-order valence-corrected chi connectivity index (χ2v) is 4.98. The summed E-state index contributed by atoms with van der Waals surface area (Å²) in [4.78, 5) is 0. The monoisotopic (exact) mass is 338 g/mol. The van der Waals surface area contributed by atoms with Crippen LogP contribution in [-0.4, -0.2) is 21.9 Å². The lowest BCUT2D eigenvalue weighted by Crippen LogP contribution is -1.99. The fourth-order valence-electron chi connectivity index (χ4n) is 1.28. The molecule has 1 aromatic carbocycles. The number of aromatic hydroxyl groups is 1. The third kappa shape index (κ3) is 3.45. The summed E-state index contributed by atoms with van der Waals surface area (Å²) in [6.45, 7) is 0.0347. The minimum Gasteiger partial charge on any atom is -0.506 e. The first-order chi connectivity index (χ1) is 7.06. The van der Waals surface area contributed by atoms with E-state index in [0.717, 1.165) is 4.47 Å². The van der Waals surface area contributed by atoms with Crippen LogP contribution in [0.2, 0.25) is 0 Å². The van der Waals surface area contributed by atoms with Crippen LogP contribution in [0.5, 0.6) is 5.75 Å². The maximum absolute atomic E-state index is 9.77. The molecule has 0 radical (unpaired) electrons. The average molecular weight is 340 g/mol. The van der Waals surface area contributed by atoms with Gasteiger partial charge in [0.25, 0.3) is 0 Å². The number of halogens is 2. The van der Waals surface area contributed by atoms with Crippen molar-refractivity contribution in [1.29, 1.82) is 0 Å². The summed E-state index contributed by atoms with van der Waals surface area (Å²) in [7, 11) is 0. The molecule has 5 heteroatoms. The Hall–Kier alpha value is -0.100. The number of hydrogen-bond donors (Lipinski definition) is 3. The summed E-state index contributed by atoms with van der Waals surface area (Å²) < 4.78 is 1.32. The molecule has 3 nitrogen and oxygen atoms in total. The highest BCUT2D eigenvalue weighted by atomic mass is 79.9. The maximum atomic E-state index is 9.77. The van der Waals surface area contributed by atoms with Crippen molar-refractivity contribution in [3.05, 3.63) is 26.6 Å². The lowest BCUT2D eigenvalue weighted by molar-refractivity contribution is 0.148. The number of aliphatic hydroxyl groups is 2. The van der Waals surface area contributed by atoms with Gasteiger partial charge in [-0.1, -0.05) is 15.9 Å². The maximum Gasteiger partial charge on any atom is 0.135 e. The molecule has 1 rings (SSSR count). The molecular weight excluding hydrogens is 328 g/mol. The van der Waals surface area contributed by atoms with Gasteiger partial charge in [0, 0.05) is 16.6 Å². The molecule has 0 bridgehead atoms. The molecule has 15 heavy (non-hydrogen) atoms. The van der Waals surface area contributed by atoms with E-state index in [1.165, 1.54) is 0 Å². The Bertz CT molecular complexity index is 342. The van der Waals surface area contributed by atoms with E-state index in [-0.39, 0.29) is 12.4 Å². The van der Waals surface area contributed by atoms with Crippen LogP contribution in [-0.2, 0) is 0 Å². The predicted octanol–water partition coefficient (Wildman–Crippen LogP) is 2.72. The number of phenolic OH excluding ortho intramolecular Hbond substituents is 1. The molecule has 0 saturated heterocycles. The molecule has 0 aliphatic rings. The Morgan fingerprint density at radius 3 is 2.53 bits per heavy atom. The van der Waals surface area contributed by atoms with E-state index < -0.39 is 6.10 Å². The average Bonchev–Trinajstić information content (AvgIpc) is 2.19. The van der Waals surface area contributed by atoms with Gasteiger partial charge in [-0.15, -0.1) is 0 Å². The standard InChI is InChI=1S/C10H12Br2O3/c11-6-4-7(9(14)2-1-3-13)10(15)8(12)5-6/h4-5,9,13-15H,1-3H2/t9-/m0/s1. The first-order valence-corrected chi connectivity index (χ1v) is 6.11. The van der Waals surface area contributed by atoms with Crippen molar-refractivity contribution in [3.8, 4) is 5.75 Å². The van der Waals surface area contributed by atoms with Crippen LogP contribution in [0.15, 0.2) is 21.1 Å². The molecule has 0 saturated carbocycles. The number of rotatable bonds is 4. The van der Waals surface area contributed by atoms with Crippen molar-refractivity contribution in [2.24, 2.45) is 0 Å². The molecule has 0 aliphatic carbocycles. The lowest BCUT2D eigenvalue weighted by atomic mass is 10.0. The van der Waals surface area contributed by atoms with Crippen LogP contribution in [0.3, 0.4) is 0 Å². The number of phenols is 1. The Morgan fingerprint density at radius 2 is 1.93 bits per heavy atom. The van der Waals surface area contributed by atoms with E-state index in [9.17, 15) is 10.2 Å². The number of hydrogen-bond acceptors (Lipinski definition) is 3. The topological polar surface area (TPSA) is 60.7 Å². The van der Waals surface area contributed by atoms with Gasteiger partial charge in [0.2, 0.25) is 0 Å². The van der Waals surface area contributed by atoms with Crippen LogP contribution in [0, 0.1) is 0 Å². The van der Waals surface area contributed by atoms with Crippen LogP contribution in [0.25, 0.3) is 0 Å². The van der Waals surface area contributed by atoms with E-state index in [2.05, 4.69) is 31.9 Å². The zero-order chi connectivity index (χ0) is 11.4. The second-order valence-electron chi connectivity index (χ2n) is 3.21. The van der Waals surface area contributed by atoms with Gasteiger partial charge >= 0.3 is 0 Å². The summed E-state index contributed by atoms with van der Waals surface area (Å²) in [6.07, 6.45) is 0.170. The molecule has 0 aromatic heterocycles. The fourth-order valence-corrected chi connectivity index (χ4v) is 2.54. The lowest BCUT2D eigenvalue weighted by Gasteiger charge is -2.13. The summed E-state index contributed by atoms with van der Waals surface area (Å²) in [5.41, 5.74) is 0.463. The van der Waals surface area contributed by atoms with E-state index in [1.54, 1.807) is 12.1 Å². The Kier molecular flexibility index (Phi) is 5.05. The zero-order valence-corrected chi connectivity index (χ0v) is 11.1. The van der Waals surface area contributed by atoms with Crippen molar-refractivity contribution in [2.45, 2.75) is 18.9 Å². The van der Waals surface area contributed by atoms with Crippen LogP contribution in [0.4, 0.5) is 0 Å². The van der Waals surface area contributed by atoms with Gasteiger partial charge in [-0.2, -0.15) is 0 Å². The highest BCUT2D eigenvalue weighted by Crippen LogP contribution is 2.36. The second kappa shape index (κ2) is 5.84. The molecule has 0 unspecified atom stereocenters. The Balaban J connectivity index is 2.92. The smallest absolute Gasteiger partial charge is 0.135 e. The van der Waals surface area contributed by atoms with Crippen molar-refractivity contribution in [1.82, 2.24) is 0 Å². The molecule has 1 atom stereocenters. The van der Waals surface area contributed by atoms with Gasteiger partial charge in [-0.25, -0.2) is 0 Å². The van der Waals surface area contributed by atoms with Gasteiger partial charge in [-0.05, 0) is 40.9 Å². The zero-order valence-electron chi connectivity index (χ0n) is 7.95. The van der Waals surface area contributed by atoms with Crippen LogP contribution >= 0.6 is 31.9 Å². The summed E-state index contributed by atoms with van der Waals surface area (Å²) in [5.74, 6) is 0.0450. The van der Waals surface area contributed by atoms with Crippen molar-refractivity contribution < 1.29 is 15.3 Å². The van der Waals surface area contributed by atoms with Crippen LogP contribution < -0.4 is 0 Å². The molecule has 0 spiro atoms. The first kappa shape index (κ1) is 13.0. The largest absolute Gasteiger partial charge is 0.506 e. The third-order valence-electron chi connectivity index (χ3n) is 2.05. The first-order valence-electron chi connectivity index (χ1n) is 4.53. The minimum atomic E-state index is -0.758. The summed E-state index contributed by atoms with van der Waals surface area (Å²) in [6, 6.07) is 3.37.